The summed E-state index contributed by atoms with van der Waals surface area (Å²) in [6.45, 7) is 2.83. The third-order valence-electron chi connectivity index (χ3n) is 4.17. The average Bonchev–Trinajstić information content (AvgIpc) is 2.60. The molecule has 0 radical (unpaired) electrons. The molecule has 1 aliphatic heterocycles. The molecule has 5 unspecified atom stereocenters. The second-order valence-electron chi connectivity index (χ2n) is 6.04. The van der Waals surface area contributed by atoms with Crippen LogP contribution in [0.25, 0.3) is 0 Å². The van der Waals surface area contributed by atoms with Gasteiger partial charge in [0.25, 0.3) is 0 Å². The fraction of sp³-hybridized carbons (Fsp3) is 0.579. The lowest BCUT2D eigenvalue weighted by atomic mass is 9.94. The number of aliphatic hydroxyl groups excluding tert-OH is 2. The summed E-state index contributed by atoms with van der Waals surface area (Å²) in [6, 6.07) is 9.86. The van der Waals surface area contributed by atoms with Crippen LogP contribution in [0.1, 0.15) is 25.3 Å². The first kappa shape index (κ1) is 19.1. The standard InChI is InChI=1S/C19H28O5/c1-3-4-6-11-15-17(20)18(21)19(22-2)16(24-15)13-23-12-14-9-7-5-8-10-14/h5-11,15-21H,3-4,12-13H2,1-2H3/b11-6+. The van der Waals surface area contributed by atoms with Gasteiger partial charge in [0.1, 0.15) is 30.5 Å². The van der Waals surface area contributed by atoms with Crippen LogP contribution in [-0.2, 0) is 20.8 Å². The van der Waals surface area contributed by atoms with Crippen molar-refractivity contribution in [3.05, 3.63) is 48.0 Å². The van der Waals surface area contributed by atoms with E-state index in [1.165, 1.54) is 7.11 Å². The molecule has 134 valence electrons. The molecule has 1 fully saturated rings. The maximum absolute atomic E-state index is 10.3. The van der Waals surface area contributed by atoms with Gasteiger partial charge in [0.2, 0.25) is 0 Å². The van der Waals surface area contributed by atoms with Gasteiger partial charge in [-0.05, 0) is 12.0 Å². The van der Waals surface area contributed by atoms with Gasteiger partial charge in [-0.15, -0.1) is 0 Å². The van der Waals surface area contributed by atoms with Crippen molar-refractivity contribution in [3.8, 4) is 0 Å². The molecule has 0 bridgehead atoms. The Morgan fingerprint density at radius 1 is 1.17 bits per heavy atom. The van der Waals surface area contributed by atoms with Crippen LogP contribution in [0.3, 0.4) is 0 Å². The Kier molecular flexibility index (Phi) is 7.88. The Hall–Kier alpha value is -1.24. The van der Waals surface area contributed by atoms with Crippen molar-refractivity contribution < 1.29 is 24.4 Å². The van der Waals surface area contributed by atoms with Gasteiger partial charge in [0.15, 0.2) is 0 Å². The number of hydrogen-bond acceptors (Lipinski definition) is 5. The minimum Gasteiger partial charge on any atom is -0.387 e. The Morgan fingerprint density at radius 2 is 1.92 bits per heavy atom. The number of ether oxygens (including phenoxy) is 3. The van der Waals surface area contributed by atoms with E-state index in [0.717, 1.165) is 18.4 Å². The zero-order chi connectivity index (χ0) is 17.4. The fourth-order valence-electron chi connectivity index (χ4n) is 2.82. The Balaban J connectivity index is 1.94. The molecule has 2 rings (SSSR count). The van der Waals surface area contributed by atoms with Gasteiger partial charge in [-0.3, -0.25) is 0 Å². The van der Waals surface area contributed by atoms with Gasteiger partial charge in [-0.2, -0.15) is 0 Å². The van der Waals surface area contributed by atoms with E-state index < -0.39 is 30.5 Å². The second kappa shape index (κ2) is 9.91. The lowest BCUT2D eigenvalue weighted by Crippen LogP contribution is -2.58. The first-order valence-electron chi connectivity index (χ1n) is 8.50. The minimum absolute atomic E-state index is 0.287. The molecule has 24 heavy (non-hydrogen) atoms. The highest BCUT2D eigenvalue weighted by atomic mass is 16.6. The topological polar surface area (TPSA) is 68.2 Å². The van der Waals surface area contributed by atoms with E-state index in [1.807, 2.05) is 42.5 Å². The average molecular weight is 336 g/mol. The molecule has 0 spiro atoms. The second-order valence-corrected chi connectivity index (χ2v) is 6.04. The van der Waals surface area contributed by atoms with Crippen LogP contribution in [0.5, 0.6) is 0 Å². The van der Waals surface area contributed by atoms with Gasteiger partial charge < -0.3 is 24.4 Å². The van der Waals surface area contributed by atoms with Crippen molar-refractivity contribution in [2.24, 2.45) is 0 Å². The van der Waals surface area contributed by atoms with Crippen LogP contribution in [0, 0.1) is 0 Å². The molecule has 2 N–H and O–H groups in total. The summed E-state index contributed by atoms with van der Waals surface area (Å²) < 4.78 is 17.0. The zero-order valence-corrected chi connectivity index (χ0v) is 14.4. The predicted octanol–water partition coefficient (Wildman–Crippen LogP) is 2.06. The van der Waals surface area contributed by atoms with E-state index in [1.54, 1.807) is 0 Å². The third-order valence-corrected chi connectivity index (χ3v) is 4.17. The van der Waals surface area contributed by atoms with Gasteiger partial charge in [-0.1, -0.05) is 55.8 Å². The molecule has 1 saturated heterocycles. The van der Waals surface area contributed by atoms with Crippen molar-refractivity contribution in [1.29, 1.82) is 0 Å². The Bertz CT molecular complexity index is 490. The number of allylic oxidation sites excluding steroid dienone is 1. The maximum Gasteiger partial charge on any atom is 0.114 e. The van der Waals surface area contributed by atoms with Crippen LogP contribution in [0.15, 0.2) is 42.5 Å². The van der Waals surface area contributed by atoms with Gasteiger partial charge in [0, 0.05) is 7.11 Å². The number of aliphatic hydroxyl groups is 2. The van der Waals surface area contributed by atoms with E-state index in [4.69, 9.17) is 14.2 Å². The van der Waals surface area contributed by atoms with Crippen LogP contribution in [0.4, 0.5) is 0 Å². The number of methoxy groups -OCH3 is 1. The molecule has 0 saturated carbocycles. The molecule has 5 heteroatoms. The van der Waals surface area contributed by atoms with Crippen molar-refractivity contribution in [1.82, 2.24) is 0 Å². The monoisotopic (exact) mass is 336 g/mol. The highest BCUT2D eigenvalue weighted by Crippen LogP contribution is 2.24. The summed E-state index contributed by atoms with van der Waals surface area (Å²) >= 11 is 0. The zero-order valence-electron chi connectivity index (χ0n) is 14.4. The SMILES string of the molecule is CCC/C=C/C1OC(COCc2ccccc2)C(OC)C(O)C1O. The smallest absolute Gasteiger partial charge is 0.114 e. The first-order chi connectivity index (χ1) is 11.7. The number of unbranched alkanes of at least 4 members (excludes halogenated alkanes) is 1. The lowest BCUT2D eigenvalue weighted by molar-refractivity contribution is -0.228. The highest BCUT2D eigenvalue weighted by molar-refractivity contribution is 5.13. The quantitative estimate of drug-likeness (QED) is 0.711. The van der Waals surface area contributed by atoms with Crippen LogP contribution < -0.4 is 0 Å². The van der Waals surface area contributed by atoms with Gasteiger partial charge in [0.05, 0.1) is 13.2 Å². The molecular formula is C19H28O5. The molecule has 1 aliphatic rings. The molecule has 1 aromatic rings. The highest BCUT2D eigenvalue weighted by Gasteiger charge is 2.43. The van der Waals surface area contributed by atoms with Crippen molar-refractivity contribution in [3.63, 3.8) is 0 Å². The summed E-state index contributed by atoms with van der Waals surface area (Å²) in [4.78, 5) is 0. The van der Waals surface area contributed by atoms with Crippen LogP contribution >= 0.6 is 0 Å². The fourth-order valence-corrected chi connectivity index (χ4v) is 2.82. The Morgan fingerprint density at radius 3 is 2.58 bits per heavy atom. The van der Waals surface area contributed by atoms with Crippen molar-refractivity contribution >= 4 is 0 Å². The molecule has 5 atom stereocenters. The predicted molar refractivity (Wildman–Crippen MR) is 91.6 cm³/mol. The van der Waals surface area contributed by atoms with E-state index in [-0.39, 0.29) is 6.61 Å². The molecule has 1 aromatic carbocycles. The summed E-state index contributed by atoms with van der Waals surface area (Å²) in [5.41, 5.74) is 1.07. The number of rotatable bonds is 8. The van der Waals surface area contributed by atoms with Crippen LogP contribution in [-0.4, -0.2) is 54.4 Å². The van der Waals surface area contributed by atoms with E-state index in [9.17, 15) is 10.2 Å². The summed E-state index contributed by atoms with van der Waals surface area (Å²) in [7, 11) is 1.50. The summed E-state index contributed by atoms with van der Waals surface area (Å²) in [5.74, 6) is 0. The molecule has 5 nitrogen and oxygen atoms in total. The van der Waals surface area contributed by atoms with E-state index in [2.05, 4.69) is 6.92 Å². The van der Waals surface area contributed by atoms with E-state index >= 15 is 0 Å². The molecule has 0 aromatic heterocycles. The third kappa shape index (κ3) is 5.13. The normalized spacial score (nSPS) is 30.8. The maximum atomic E-state index is 10.3. The molecule has 0 aliphatic carbocycles. The van der Waals surface area contributed by atoms with Crippen molar-refractivity contribution in [2.45, 2.75) is 56.9 Å². The Labute approximate surface area is 143 Å². The van der Waals surface area contributed by atoms with Crippen molar-refractivity contribution in [2.75, 3.05) is 13.7 Å². The van der Waals surface area contributed by atoms with E-state index in [0.29, 0.717) is 6.61 Å². The van der Waals surface area contributed by atoms with Gasteiger partial charge in [-0.25, -0.2) is 0 Å². The van der Waals surface area contributed by atoms with Gasteiger partial charge >= 0.3 is 0 Å². The molecular weight excluding hydrogens is 308 g/mol. The molecule has 0 amide bonds. The minimum atomic E-state index is -1.01. The lowest BCUT2D eigenvalue weighted by Gasteiger charge is -2.41. The summed E-state index contributed by atoms with van der Waals surface area (Å²) in [5, 5.41) is 20.5. The number of benzene rings is 1. The first-order valence-corrected chi connectivity index (χ1v) is 8.50. The van der Waals surface area contributed by atoms with Crippen LogP contribution in [0.2, 0.25) is 0 Å². The number of hydrogen-bond donors (Lipinski definition) is 2. The summed E-state index contributed by atoms with van der Waals surface area (Å²) in [6.07, 6.45) is 2.09. The largest absolute Gasteiger partial charge is 0.387 e. The molecule has 1 heterocycles.